The lowest BCUT2D eigenvalue weighted by Gasteiger charge is -2.27. The number of aliphatic carboxylic acids is 1. The van der Waals surface area contributed by atoms with Crippen molar-refractivity contribution in [1.29, 1.82) is 0 Å². The van der Waals surface area contributed by atoms with E-state index in [4.69, 9.17) is 5.73 Å². The molecule has 0 saturated carbocycles. The topological polar surface area (TPSA) is 83.6 Å². The summed E-state index contributed by atoms with van der Waals surface area (Å²) in [5, 5.41) is 9.27. The lowest BCUT2D eigenvalue weighted by Crippen LogP contribution is -2.45. The molecule has 2 unspecified atom stereocenters. The van der Waals surface area contributed by atoms with Gasteiger partial charge in [0, 0.05) is 17.9 Å². The molecule has 3 N–H and O–H groups in total. The van der Waals surface area contributed by atoms with Crippen molar-refractivity contribution in [2.45, 2.75) is 37.7 Å². The monoisotopic (exact) mass is 308 g/mol. The molecule has 2 atom stereocenters. The average Bonchev–Trinajstić information content (AvgIpc) is 2.91. The summed E-state index contributed by atoms with van der Waals surface area (Å²) >= 11 is 1.55. The van der Waals surface area contributed by atoms with Crippen LogP contribution in [0.4, 0.5) is 0 Å². The predicted molar refractivity (Wildman–Crippen MR) is 83.1 cm³/mol. The van der Waals surface area contributed by atoms with Crippen molar-refractivity contribution in [2.24, 2.45) is 5.73 Å². The Kier molecular flexibility index (Phi) is 5.25. The Bertz CT molecular complexity index is 518. The number of carboxylic acids is 1. The van der Waals surface area contributed by atoms with Crippen LogP contribution in [0.1, 0.15) is 35.7 Å². The van der Waals surface area contributed by atoms with Crippen molar-refractivity contribution in [3.05, 3.63) is 35.4 Å². The van der Waals surface area contributed by atoms with Crippen molar-refractivity contribution in [1.82, 2.24) is 4.90 Å². The van der Waals surface area contributed by atoms with E-state index >= 15 is 0 Å². The Hall–Kier alpha value is -1.53. The molecule has 2 rings (SSSR count). The van der Waals surface area contributed by atoms with E-state index in [0.717, 1.165) is 18.4 Å². The minimum atomic E-state index is -0.937. The number of carboxylic acid groups (broad SMARTS) is 1. The van der Waals surface area contributed by atoms with E-state index in [1.807, 2.05) is 6.92 Å². The van der Waals surface area contributed by atoms with Crippen molar-refractivity contribution >= 4 is 23.6 Å². The van der Waals surface area contributed by atoms with Crippen molar-refractivity contribution in [3.8, 4) is 0 Å². The maximum Gasteiger partial charge on any atom is 0.327 e. The summed E-state index contributed by atoms with van der Waals surface area (Å²) in [4.78, 5) is 25.6. The van der Waals surface area contributed by atoms with Gasteiger partial charge in [-0.2, -0.15) is 0 Å². The molecule has 1 aliphatic heterocycles. The number of hydrogen-bond donors (Lipinski definition) is 2. The summed E-state index contributed by atoms with van der Waals surface area (Å²) in [5.74, 6) is -0.699. The highest BCUT2D eigenvalue weighted by molar-refractivity contribution is 8.00. The largest absolute Gasteiger partial charge is 0.480 e. The minimum absolute atomic E-state index is 0.0576. The highest BCUT2D eigenvalue weighted by atomic mass is 32.2. The van der Waals surface area contributed by atoms with Crippen LogP contribution in [0.15, 0.2) is 24.3 Å². The molecule has 5 nitrogen and oxygen atoms in total. The van der Waals surface area contributed by atoms with E-state index < -0.39 is 12.0 Å². The second-order valence-corrected chi connectivity index (χ2v) is 6.25. The number of carbonyl (C=O) groups excluding carboxylic acids is 1. The normalized spacial score (nSPS) is 21.5. The Balaban J connectivity index is 2.24. The standard InChI is InChI=1S/C15H20N2O3S/c1-2-3-13-17(12(9-21-13)15(19)20)14(18)11-6-4-10(8-16)5-7-11/h4-7,12-13H,2-3,8-9,16H2,1H3,(H,19,20). The van der Waals surface area contributed by atoms with Crippen molar-refractivity contribution in [3.63, 3.8) is 0 Å². The van der Waals surface area contributed by atoms with Gasteiger partial charge in [0.15, 0.2) is 0 Å². The van der Waals surface area contributed by atoms with Crippen LogP contribution in [0.3, 0.4) is 0 Å². The van der Waals surface area contributed by atoms with Gasteiger partial charge < -0.3 is 15.7 Å². The molecule has 1 aliphatic rings. The van der Waals surface area contributed by atoms with E-state index in [1.165, 1.54) is 4.90 Å². The number of hydrogen-bond acceptors (Lipinski definition) is 4. The Morgan fingerprint density at radius 2 is 2.05 bits per heavy atom. The van der Waals surface area contributed by atoms with Gasteiger partial charge in [-0.3, -0.25) is 4.79 Å². The van der Waals surface area contributed by atoms with Crippen molar-refractivity contribution in [2.75, 3.05) is 5.75 Å². The highest BCUT2D eigenvalue weighted by Gasteiger charge is 2.41. The zero-order valence-electron chi connectivity index (χ0n) is 12.0. The quantitative estimate of drug-likeness (QED) is 0.868. The number of nitrogens with zero attached hydrogens (tertiary/aromatic N) is 1. The molecule has 1 amide bonds. The van der Waals surface area contributed by atoms with Crippen LogP contribution in [0.25, 0.3) is 0 Å². The van der Waals surface area contributed by atoms with Crippen LogP contribution in [-0.2, 0) is 11.3 Å². The van der Waals surface area contributed by atoms with Crippen molar-refractivity contribution < 1.29 is 14.7 Å². The fourth-order valence-corrected chi connectivity index (χ4v) is 3.94. The van der Waals surface area contributed by atoms with Gasteiger partial charge in [0.25, 0.3) is 5.91 Å². The number of rotatable bonds is 5. The number of thioether (sulfide) groups is 1. The molecule has 114 valence electrons. The third kappa shape index (κ3) is 3.39. The summed E-state index contributed by atoms with van der Waals surface area (Å²) in [7, 11) is 0. The molecule has 1 aromatic rings. The molecule has 1 aromatic carbocycles. The van der Waals surface area contributed by atoms with E-state index in [2.05, 4.69) is 0 Å². The number of carbonyl (C=O) groups is 2. The van der Waals surface area contributed by atoms with Crippen LogP contribution in [-0.4, -0.2) is 39.1 Å². The average molecular weight is 308 g/mol. The van der Waals surface area contributed by atoms with Crippen LogP contribution in [0, 0.1) is 0 Å². The second-order valence-electron chi connectivity index (χ2n) is 5.04. The highest BCUT2D eigenvalue weighted by Crippen LogP contribution is 2.33. The van der Waals surface area contributed by atoms with Gasteiger partial charge in [0.2, 0.25) is 0 Å². The van der Waals surface area contributed by atoms with E-state index in [9.17, 15) is 14.7 Å². The van der Waals surface area contributed by atoms with Crippen LogP contribution in [0.2, 0.25) is 0 Å². The summed E-state index contributed by atoms with van der Waals surface area (Å²) < 4.78 is 0. The van der Waals surface area contributed by atoms with Gasteiger partial charge in [-0.05, 0) is 24.1 Å². The molecular formula is C15H20N2O3S. The number of amides is 1. The first-order valence-electron chi connectivity index (χ1n) is 7.04. The summed E-state index contributed by atoms with van der Waals surface area (Å²) in [6.45, 7) is 2.46. The summed E-state index contributed by atoms with van der Waals surface area (Å²) in [6.07, 6.45) is 1.72. The lowest BCUT2D eigenvalue weighted by atomic mass is 10.1. The third-order valence-corrected chi connectivity index (χ3v) is 4.94. The van der Waals surface area contributed by atoms with Gasteiger partial charge in [-0.1, -0.05) is 25.5 Å². The molecule has 0 spiro atoms. The molecule has 0 radical (unpaired) electrons. The number of benzene rings is 1. The third-order valence-electron chi connectivity index (χ3n) is 3.58. The van der Waals surface area contributed by atoms with Gasteiger partial charge in [-0.15, -0.1) is 11.8 Å². The molecular weight excluding hydrogens is 288 g/mol. The molecule has 0 bridgehead atoms. The maximum absolute atomic E-state index is 12.7. The summed E-state index contributed by atoms with van der Waals surface area (Å²) in [5.41, 5.74) is 7.01. The molecule has 6 heteroatoms. The zero-order valence-corrected chi connectivity index (χ0v) is 12.8. The first-order valence-corrected chi connectivity index (χ1v) is 8.09. The SMILES string of the molecule is CCCC1SCC(C(=O)O)N1C(=O)c1ccc(CN)cc1. The van der Waals surface area contributed by atoms with Crippen LogP contribution < -0.4 is 5.73 Å². The molecule has 0 aliphatic carbocycles. The second kappa shape index (κ2) is 6.95. The lowest BCUT2D eigenvalue weighted by molar-refractivity contribution is -0.141. The summed E-state index contributed by atoms with van der Waals surface area (Å²) in [6, 6.07) is 6.31. The van der Waals surface area contributed by atoms with Gasteiger partial charge in [0.05, 0.1) is 5.37 Å². The first kappa shape index (κ1) is 15.9. The van der Waals surface area contributed by atoms with E-state index in [0.29, 0.717) is 17.9 Å². The molecule has 1 saturated heterocycles. The molecule has 1 heterocycles. The maximum atomic E-state index is 12.7. The molecule has 21 heavy (non-hydrogen) atoms. The van der Waals surface area contributed by atoms with E-state index in [1.54, 1.807) is 36.0 Å². The fourth-order valence-electron chi connectivity index (χ4n) is 2.43. The van der Waals surface area contributed by atoms with Gasteiger partial charge >= 0.3 is 5.97 Å². The van der Waals surface area contributed by atoms with E-state index in [-0.39, 0.29) is 11.3 Å². The van der Waals surface area contributed by atoms with Gasteiger partial charge in [0.1, 0.15) is 6.04 Å². The molecule has 1 fully saturated rings. The van der Waals surface area contributed by atoms with Crippen LogP contribution in [0.5, 0.6) is 0 Å². The Morgan fingerprint density at radius 1 is 1.38 bits per heavy atom. The Labute approximate surface area is 128 Å². The number of nitrogens with two attached hydrogens (primary N) is 1. The molecule has 0 aromatic heterocycles. The smallest absolute Gasteiger partial charge is 0.327 e. The fraction of sp³-hybridized carbons (Fsp3) is 0.467. The van der Waals surface area contributed by atoms with Gasteiger partial charge in [-0.25, -0.2) is 4.79 Å². The zero-order chi connectivity index (χ0) is 15.4. The minimum Gasteiger partial charge on any atom is -0.480 e. The first-order chi connectivity index (χ1) is 10.1. The van der Waals surface area contributed by atoms with Crippen LogP contribution >= 0.6 is 11.8 Å². The predicted octanol–water partition coefficient (Wildman–Crippen LogP) is 1.91. The Morgan fingerprint density at radius 3 is 2.57 bits per heavy atom.